The van der Waals surface area contributed by atoms with Crippen molar-refractivity contribution < 1.29 is 18.8 Å². The molecule has 0 aromatic carbocycles. The van der Waals surface area contributed by atoms with E-state index >= 15 is 0 Å². The zero-order chi connectivity index (χ0) is 18.7. The Balaban J connectivity index is 1.57. The molecule has 148 valence electrons. The predicted octanol–water partition coefficient (Wildman–Crippen LogP) is 3.78. The van der Waals surface area contributed by atoms with Gasteiger partial charge in [-0.1, -0.05) is 20.3 Å². The Labute approximate surface area is 159 Å². The summed E-state index contributed by atoms with van der Waals surface area (Å²) in [6.07, 6.45) is 8.54. The Morgan fingerprint density at radius 1 is 1.15 bits per heavy atom. The fourth-order valence-corrected chi connectivity index (χ4v) is 6.67. The summed E-state index contributed by atoms with van der Waals surface area (Å²) >= 11 is 0. The first kappa shape index (κ1) is 18.7. The second-order valence-electron chi connectivity index (χ2n) is 10.5. The number of quaternary nitrogens is 1. The molecule has 2 saturated heterocycles. The minimum Gasteiger partial charge on any atom is -0.455 e. The molecule has 3 unspecified atom stereocenters. The van der Waals surface area contributed by atoms with Crippen LogP contribution in [0.2, 0.25) is 0 Å². The van der Waals surface area contributed by atoms with Crippen LogP contribution in [0.15, 0.2) is 0 Å². The van der Waals surface area contributed by atoms with E-state index in [9.17, 15) is 4.79 Å². The summed E-state index contributed by atoms with van der Waals surface area (Å²) in [6, 6.07) is 0. The fraction of sp³-hybridized carbons (Fsp3) is 0.955. The van der Waals surface area contributed by atoms with Crippen molar-refractivity contribution in [3.05, 3.63) is 0 Å². The smallest absolute Gasteiger partial charge is 0.315 e. The monoisotopic (exact) mass is 364 g/mol. The summed E-state index contributed by atoms with van der Waals surface area (Å²) in [6.45, 7) is 8.90. The first-order chi connectivity index (χ1) is 12.2. The molecule has 4 rings (SSSR count). The maximum Gasteiger partial charge on any atom is 0.315 e. The van der Waals surface area contributed by atoms with Gasteiger partial charge in [0.2, 0.25) is 0 Å². The largest absolute Gasteiger partial charge is 0.455 e. The molecule has 0 aromatic heterocycles. The topological polar surface area (TPSA) is 38.8 Å². The summed E-state index contributed by atoms with van der Waals surface area (Å²) in [5.41, 5.74) is -0.359. The first-order valence-corrected chi connectivity index (χ1v) is 11.0. The lowest BCUT2D eigenvalue weighted by Gasteiger charge is -2.50. The molecule has 4 aliphatic rings. The Kier molecular flexibility index (Phi) is 4.47. The van der Waals surface area contributed by atoms with Crippen LogP contribution >= 0.6 is 0 Å². The average Bonchev–Trinajstić information content (AvgIpc) is 3.19. The first-order valence-electron chi connectivity index (χ1n) is 11.0. The molecule has 0 radical (unpaired) electrons. The predicted molar refractivity (Wildman–Crippen MR) is 102 cm³/mol. The molecule has 4 fully saturated rings. The Bertz CT molecular complexity index is 576. The van der Waals surface area contributed by atoms with Crippen LogP contribution in [0.1, 0.15) is 65.7 Å². The molecule has 0 amide bonds. The molecule has 7 atom stereocenters. The standard InChI is InChI=1S/C22H38NO3/c1-6-7-8-13-23(4,5)14-16-18-10-9-15(2)17-11-12-21(3)20(26-21)22(17,18)25-19(16)24/h15-18,20H,6-14H2,1-5H3/q+1/t15-,16?,17?,18?,20+,21+,22+/m0/s1. The van der Waals surface area contributed by atoms with Crippen molar-refractivity contribution in [2.75, 3.05) is 27.2 Å². The molecule has 2 aliphatic carbocycles. The number of carbonyl (C=O) groups is 1. The lowest BCUT2D eigenvalue weighted by molar-refractivity contribution is -0.893. The average molecular weight is 365 g/mol. The van der Waals surface area contributed by atoms with Gasteiger partial charge in [-0.25, -0.2) is 0 Å². The van der Waals surface area contributed by atoms with Crippen LogP contribution in [-0.2, 0) is 14.3 Å². The van der Waals surface area contributed by atoms with Crippen molar-refractivity contribution in [1.29, 1.82) is 0 Å². The molecule has 0 N–H and O–H groups in total. The van der Waals surface area contributed by atoms with Crippen LogP contribution in [0.4, 0.5) is 0 Å². The minimum atomic E-state index is -0.324. The van der Waals surface area contributed by atoms with Crippen molar-refractivity contribution >= 4 is 5.97 Å². The van der Waals surface area contributed by atoms with E-state index in [0.29, 0.717) is 17.8 Å². The number of unbranched alkanes of at least 4 members (excludes halogenated alkanes) is 2. The number of hydrogen-bond acceptors (Lipinski definition) is 3. The lowest BCUT2D eigenvalue weighted by atomic mass is 9.55. The molecule has 2 aliphatic heterocycles. The number of ether oxygens (including phenoxy) is 2. The van der Waals surface area contributed by atoms with Gasteiger partial charge in [0, 0.05) is 11.8 Å². The number of epoxide rings is 1. The number of nitrogens with zero attached hydrogens (tertiary/aromatic N) is 1. The molecular formula is C22H38NO3+. The third-order valence-electron chi connectivity index (χ3n) is 8.15. The molecule has 1 spiro atoms. The highest BCUT2D eigenvalue weighted by Gasteiger charge is 2.77. The van der Waals surface area contributed by atoms with Gasteiger partial charge in [-0.3, -0.25) is 4.79 Å². The fourth-order valence-electron chi connectivity index (χ4n) is 6.67. The zero-order valence-electron chi connectivity index (χ0n) is 17.4. The SMILES string of the molecule is CCCCC[N+](C)(C)CC1C(=O)O[C@@]23C1CC[C@H](C)C2CC[C@@]1(C)O[C@@H]31. The van der Waals surface area contributed by atoms with Crippen LogP contribution in [0, 0.1) is 23.7 Å². The molecule has 2 saturated carbocycles. The van der Waals surface area contributed by atoms with Gasteiger partial charge >= 0.3 is 5.97 Å². The molecular weight excluding hydrogens is 326 g/mol. The molecule has 2 heterocycles. The van der Waals surface area contributed by atoms with E-state index in [0.717, 1.165) is 36.8 Å². The van der Waals surface area contributed by atoms with Crippen molar-refractivity contribution in [3.63, 3.8) is 0 Å². The number of esters is 1. The van der Waals surface area contributed by atoms with Crippen LogP contribution in [0.5, 0.6) is 0 Å². The van der Waals surface area contributed by atoms with Gasteiger partial charge in [-0.2, -0.15) is 0 Å². The van der Waals surface area contributed by atoms with Crippen LogP contribution in [0.3, 0.4) is 0 Å². The Morgan fingerprint density at radius 3 is 2.65 bits per heavy atom. The van der Waals surface area contributed by atoms with Gasteiger partial charge < -0.3 is 14.0 Å². The normalized spacial score (nSPS) is 47.0. The van der Waals surface area contributed by atoms with E-state index in [2.05, 4.69) is 34.9 Å². The van der Waals surface area contributed by atoms with Crippen LogP contribution in [0.25, 0.3) is 0 Å². The van der Waals surface area contributed by atoms with Gasteiger partial charge in [0.1, 0.15) is 17.6 Å². The van der Waals surface area contributed by atoms with E-state index in [-0.39, 0.29) is 29.2 Å². The maximum atomic E-state index is 13.1. The summed E-state index contributed by atoms with van der Waals surface area (Å²) in [7, 11) is 4.57. The molecule has 4 nitrogen and oxygen atoms in total. The zero-order valence-corrected chi connectivity index (χ0v) is 17.4. The van der Waals surface area contributed by atoms with Crippen molar-refractivity contribution in [2.45, 2.75) is 83.0 Å². The minimum absolute atomic E-state index is 0.0352. The van der Waals surface area contributed by atoms with E-state index in [1.165, 1.54) is 25.7 Å². The van der Waals surface area contributed by atoms with E-state index in [1.807, 2.05) is 0 Å². The highest BCUT2D eigenvalue weighted by Crippen LogP contribution is 2.66. The molecule has 0 aromatic rings. The second kappa shape index (κ2) is 6.20. The van der Waals surface area contributed by atoms with E-state index in [4.69, 9.17) is 9.47 Å². The van der Waals surface area contributed by atoms with E-state index < -0.39 is 0 Å². The molecule has 4 heteroatoms. The number of rotatable bonds is 6. The van der Waals surface area contributed by atoms with Crippen LogP contribution in [-0.4, -0.2) is 54.9 Å². The summed E-state index contributed by atoms with van der Waals surface area (Å²) < 4.78 is 13.5. The van der Waals surface area contributed by atoms with E-state index in [1.54, 1.807) is 0 Å². The lowest BCUT2D eigenvalue weighted by Crippen LogP contribution is -2.59. The second-order valence-corrected chi connectivity index (χ2v) is 10.5. The van der Waals surface area contributed by atoms with Gasteiger partial charge in [0.05, 0.1) is 32.8 Å². The highest BCUT2D eigenvalue weighted by atomic mass is 16.7. The quantitative estimate of drug-likeness (QED) is 0.312. The summed E-state index contributed by atoms with van der Waals surface area (Å²) in [4.78, 5) is 13.1. The van der Waals surface area contributed by atoms with Crippen LogP contribution < -0.4 is 0 Å². The number of carbonyl (C=O) groups excluding carboxylic acids is 1. The van der Waals surface area contributed by atoms with Crippen molar-refractivity contribution in [1.82, 2.24) is 0 Å². The number of hydrogen-bond donors (Lipinski definition) is 0. The molecule has 0 bridgehead atoms. The third kappa shape index (κ3) is 2.74. The Morgan fingerprint density at radius 2 is 1.92 bits per heavy atom. The van der Waals surface area contributed by atoms with Gasteiger partial charge in [-0.15, -0.1) is 0 Å². The van der Waals surface area contributed by atoms with Gasteiger partial charge in [0.15, 0.2) is 0 Å². The number of fused-ring (bicyclic) bond motifs is 1. The highest BCUT2D eigenvalue weighted by molar-refractivity contribution is 5.77. The Hall–Kier alpha value is -0.610. The third-order valence-corrected chi connectivity index (χ3v) is 8.15. The van der Waals surface area contributed by atoms with Crippen molar-refractivity contribution in [3.8, 4) is 0 Å². The van der Waals surface area contributed by atoms with Crippen molar-refractivity contribution in [2.24, 2.45) is 23.7 Å². The maximum absolute atomic E-state index is 13.1. The van der Waals surface area contributed by atoms with Gasteiger partial charge in [0.25, 0.3) is 0 Å². The molecule has 26 heavy (non-hydrogen) atoms. The summed E-state index contributed by atoms with van der Waals surface area (Å²) in [5.74, 6) is 1.60. The van der Waals surface area contributed by atoms with Gasteiger partial charge in [-0.05, 0) is 51.4 Å². The summed E-state index contributed by atoms with van der Waals surface area (Å²) in [5, 5.41) is 0.